The van der Waals surface area contributed by atoms with E-state index in [1.807, 2.05) is 42.3 Å². The summed E-state index contributed by atoms with van der Waals surface area (Å²) in [6.45, 7) is 8.08. The number of pyridine rings is 1. The lowest BCUT2D eigenvalue weighted by atomic mass is 9.99. The Hall–Kier alpha value is -2.06. The summed E-state index contributed by atoms with van der Waals surface area (Å²) in [6.07, 6.45) is 4.09. The van der Waals surface area contributed by atoms with E-state index in [1.54, 1.807) is 11.7 Å². The molecule has 0 bridgehead atoms. The predicted octanol–water partition coefficient (Wildman–Crippen LogP) is 2.97. The number of hydrogen-bond donors (Lipinski definition) is 1. The number of benzene rings is 1. The second-order valence-electron chi connectivity index (χ2n) is 8.92. The molecule has 0 saturated carbocycles. The number of piperazine rings is 1. The van der Waals surface area contributed by atoms with E-state index in [0.717, 1.165) is 62.4 Å². The van der Waals surface area contributed by atoms with Crippen LogP contribution in [0.15, 0.2) is 41.3 Å². The van der Waals surface area contributed by atoms with Crippen LogP contribution in [0.5, 0.6) is 5.75 Å². The number of para-hydroxylation sites is 1. The van der Waals surface area contributed by atoms with Crippen LogP contribution in [0.3, 0.4) is 0 Å². The molecule has 3 heterocycles. The van der Waals surface area contributed by atoms with E-state index < -0.39 is 0 Å². The van der Waals surface area contributed by atoms with Crippen molar-refractivity contribution in [2.75, 3.05) is 46.4 Å². The Morgan fingerprint density at radius 3 is 2.53 bits per heavy atom. The van der Waals surface area contributed by atoms with Gasteiger partial charge in [0.15, 0.2) is 0 Å². The molecule has 1 amide bonds. The average molecular weight is 511 g/mol. The summed E-state index contributed by atoms with van der Waals surface area (Å²) in [7, 11) is 1.69. The Kier molecular flexibility index (Phi) is 10.9. The van der Waals surface area contributed by atoms with Crippen molar-refractivity contribution in [1.82, 2.24) is 19.7 Å². The number of methoxy groups -OCH3 is 1. The third kappa shape index (κ3) is 6.54. The number of amides is 1. The molecule has 0 radical (unpaired) electrons. The van der Waals surface area contributed by atoms with Crippen LogP contribution >= 0.6 is 24.8 Å². The lowest BCUT2D eigenvalue weighted by molar-refractivity contribution is 0.0624. The summed E-state index contributed by atoms with van der Waals surface area (Å²) in [5.74, 6) is 1.19. The van der Waals surface area contributed by atoms with Crippen LogP contribution in [0.25, 0.3) is 0 Å². The van der Waals surface area contributed by atoms with Gasteiger partial charge in [0.25, 0.3) is 11.5 Å². The summed E-state index contributed by atoms with van der Waals surface area (Å²) >= 11 is 0. The van der Waals surface area contributed by atoms with E-state index in [0.29, 0.717) is 31.1 Å². The lowest BCUT2D eigenvalue weighted by Crippen LogP contribution is -2.49. The van der Waals surface area contributed by atoms with Crippen LogP contribution in [0.4, 0.5) is 0 Å². The number of aromatic nitrogens is 1. The molecule has 1 atom stereocenters. The van der Waals surface area contributed by atoms with Gasteiger partial charge < -0.3 is 19.5 Å². The molecule has 2 aromatic rings. The second kappa shape index (κ2) is 13.1. The Bertz CT molecular complexity index is 1000. The van der Waals surface area contributed by atoms with Crippen molar-refractivity contribution in [3.8, 4) is 5.75 Å². The van der Waals surface area contributed by atoms with Crippen molar-refractivity contribution >= 4 is 30.7 Å². The van der Waals surface area contributed by atoms with Crippen molar-refractivity contribution in [2.24, 2.45) is 5.92 Å². The lowest BCUT2D eigenvalue weighted by Gasteiger charge is -2.35. The highest BCUT2D eigenvalue weighted by Gasteiger charge is 2.26. The van der Waals surface area contributed by atoms with Crippen LogP contribution < -0.4 is 15.6 Å². The summed E-state index contributed by atoms with van der Waals surface area (Å²) in [4.78, 5) is 30.7. The molecule has 2 aliphatic rings. The monoisotopic (exact) mass is 510 g/mol. The van der Waals surface area contributed by atoms with Crippen molar-refractivity contribution in [1.29, 1.82) is 0 Å². The fraction of sp³-hybridized carbons (Fsp3) is 0.520. The smallest absolute Gasteiger partial charge is 0.263 e. The van der Waals surface area contributed by atoms with Crippen LogP contribution in [0.2, 0.25) is 0 Å². The van der Waals surface area contributed by atoms with Gasteiger partial charge in [0.05, 0.1) is 7.11 Å². The summed E-state index contributed by atoms with van der Waals surface area (Å²) in [5.41, 5.74) is 2.08. The zero-order valence-electron chi connectivity index (χ0n) is 20.0. The van der Waals surface area contributed by atoms with Crippen molar-refractivity contribution in [3.63, 3.8) is 0 Å². The molecule has 0 aliphatic carbocycles. The van der Waals surface area contributed by atoms with Gasteiger partial charge in [-0.1, -0.05) is 18.2 Å². The van der Waals surface area contributed by atoms with Crippen LogP contribution in [-0.4, -0.2) is 66.7 Å². The van der Waals surface area contributed by atoms with Crippen LogP contribution in [0, 0.1) is 12.8 Å². The van der Waals surface area contributed by atoms with E-state index in [4.69, 9.17) is 4.74 Å². The average Bonchev–Trinajstić information content (AvgIpc) is 2.82. The summed E-state index contributed by atoms with van der Waals surface area (Å²) in [6, 6.07) is 9.95. The van der Waals surface area contributed by atoms with Crippen LogP contribution in [-0.2, 0) is 13.1 Å². The van der Waals surface area contributed by atoms with Gasteiger partial charge in [0.2, 0.25) is 0 Å². The molecule has 188 valence electrons. The van der Waals surface area contributed by atoms with Crippen LogP contribution in [0.1, 0.15) is 34.3 Å². The van der Waals surface area contributed by atoms with Crippen molar-refractivity contribution in [3.05, 3.63) is 63.6 Å². The normalized spacial score (nSPS) is 18.5. The maximum absolute atomic E-state index is 13.3. The highest BCUT2D eigenvalue weighted by Crippen LogP contribution is 2.20. The highest BCUT2D eigenvalue weighted by molar-refractivity contribution is 5.95. The van der Waals surface area contributed by atoms with E-state index in [1.165, 1.54) is 0 Å². The quantitative estimate of drug-likeness (QED) is 0.646. The standard InChI is InChI=1S/C25H34N4O3.2ClH/c1-19-9-11-29(17-20-6-5-10-26-16-20)25(31)23(19)24(30)28-14-12-27(13-15-28)18-21-7-3-4-8-22(21)32-2;;/h3-4,7-9,11,20,26H,5-6,10,12-18H2,1-2H3;2*1H. The van der Waals surface area contributed by atoms with Gasteiger partial charge in [-0.3, -0.25) is 14.5 Å². The SMILES string of the molecule is COc1ccccc1CN1CCN(C(=O)c2c(C)ccn(CC3CCCNC3)c2=O)CC1.Cl.Cl. The summed E-state index contributed by atoms with van der Waals surface area (Å²) in [5, 5.41) is 3.40. The van der Waals surface area contributed by atoms with Gasteiger partial charge in [-0.2, -0.15) is 0 Å². The number of nitrogens with zero attached hydrogens (tertiary/aromatic N) is 3. The highest BCUT2D eigenvalue weighted by atomic mass is 35.5. The molecule has 0 spiro atoms. The second-order valence-corrected chi connectivity index (χ2v) is 8.92. The molecule has 2 aliphatic heterocycles. The van der Waals surface area contributed by atoms with Gasteiger partial charge in [-0.05, 0) is 56.5 Å². The fourth-order valence-electron chi connectivity index (χ4n) is 4.77. The zero-order chi connectivity index (χ0) is 22.5. The number of piperidine rings is 1. The van der Waals surface area contributed by atoms with Gasteiger partial charge in [-0.15, -0.1) is 24.8 Å². The Morgan fingerprint density at radius 2 is 1.85 bits per heavy atom. The number of rotatable bonds is 6. The zero-order valence-corrected chi connectivity index (χ0v) is 21.6. The van der Waals surface area contributed by atoms with E-state index in [2.05, 4.69) is 16.3 Å². The molecule has 4 rings (SSSR count). The Labute approximate surface area is 214 Å². The van der Waals surface area contributed by atoms with Gasteiger partial charge in [0.1, 0.15) is 11.3 Å². The molecule has 7 nitrogen and oxygen atoms in total. The minimum absolute atomic E-state index is 0. The number of hydrogen-bond acceptors (Lipinski definition) is 5. The van der Waals surface area contributed by atoms with E-state index in [-0.39, 0.29) is 36.3 Å². The number of carbonyl (C=O) groups excluding carboxylic acids is 1. The van der Waals surface area contributed by atoms with E-state index in [9.17, 15) is 9.59 Å². The summed E-state index contributed by atoms with van der Waals surface area (Å²) < 4.78 is 7.20. The molecule has 34 heavy (non-hydrogen) atoms. The minimum Gasteiger partial charge on any atom is -0.496 e. The molecule has 1 aromatic heterocycles. The Balaban J connectivity index is 0.00000204. The molecule has 1 unspecified atom stereocenters. The molecule has 2 saturated heterocycles. The molecule has 1 aromatic carbocycles. The fourth-order valence-corrected chi connectivity index (χ4v) is 4.77. The third-order valence-electron chi connectivity index (χ3n) is 6.69. The topological polar surface area (TPSA) is 66.8 Å². The predicted molar refractivity (Wildman–Crippen MR) is 140 cm³/mol. The molecule has 9 heteroatoms. The molecule has 1 N–H and O–H groups in total. The number of nitrogens with one attached hydrogen (secondary N) is 1. The number of aryl methyl sites for hydroxylation is 1. The first-order valence-corrected chi connectivity index (χ1v) is 11.6. The van der Waals surface area contributed by atoms with Crippen molar-refractivity contribution < 1.29 is 9.53 Å². The number of ether oxygens (including phenoxy) is 1. The molecule has 2 fully saturated rings. The Morgan fingerprint density at radius 1 is 1.12 bits per heavy atom. The first-order valence-electron chi connectivity index (χ1n) is 11.6. The minimum atomic E-state index is -0.156. The van der Waals surface area contributed by atoms with Gasteiger partial charge in [0, 0.05) is 51.0 Å². The number of halogens is 2. The first-order chi connectivity index (χ1) is 15.6. The first kappa shape index (κ1) is 28.2. The van der Waals surface area contributed by atoms with Crippen molar-refractivity contribution in [2.45, 2.75) is 32.9 Å². The molecular formula is C25H36Cl2N4O3. The molecular weight excluding hydrogens is 475 g/mol. The van der Waals surface area contributed by atoms with Gasteiger partial charge in [-0.25, -0.2) is 0 Å². The maximum Gasteiger partial charge on any atom is 0.263 e. The maximum atomic E-state index is 13.3. The largest absolute Gasteiger partial charge is 0.496 e. The third-order valence-corrected chi connectivity index (χ3v) is 6.69. The number of carbonyl (C=O) groups is 1. The van der Waals surface area contributed by atoms with E-state index >= 15 is 0 Å². The van der Waals surface area contributed by atoms with Gasteiger partial charge >= 0.3 is 0 Å².